The Labute approximate surface area is 179 Å². The first-order chi connectivity index (χ1) is 14.5. The van der Waals surface area contributed by atoms with Gasteiger partial charge in [-0.2, -0.15) is 0 Å². The van der Waals surface area contributed by atoms with Crippen LogP contribution >= 0.6 is 0 Å². The number of hydrogen-bond acceptors (Lipinski definition) is 5. The number of aryl methyl sites for hydroxylation is 1. The Hall–Kier alpha value is -3.10. The van der Waals surface area contributed by atoms with Gasteiger partial charge in [0.2, 0.25) is 5.91 Å². The molecule has 1 unspecified atom stereocenters. The molecule has 3 rings (SSSR count). The summed E-state index contributed by atoms with van der Waals surface area (Å²) in [4.78, 5) is 35.3. The van der Waals surface area contributed by atoms with Gasteiger partial charge in [-0.05, 0) is 31.5 Å². The molecule has 1 aliphatic rings. The highest BCUT2D eigenvalue weighted by Gasteiger charge is 2.34. The molecule has 1 aliphatic heterocycles. The highest BCUT2D eigenvalue weighted by Crippen LogP contribution is 2.34. The summed E-state index contributed by atoms with van der Waals surface area (Å²) in [5, 5.41) is 2.78. The minimum Gasteiger partial charge on any atom is -0.485 e. The van der Waals surface area contributed by atoms with Crippen molar-refractivity contribution in [2.45, 2.75) is 53.1 Å². The van der Waals surface area contributed by atoms with Crippen molar-refractivity contribution < 1.29 is 23.1 Å². The van der Waals surface area contributed by atoms with Gasteiger partial charge in [-0.15, -0.1) is 0 Å². The highest BCUT2D eigenvalue weighted by molar-refractivity contribution is 6.01. The molecule has 0 aromatic carbocycles. The number of fused-ring (bicyclic) bond motifs is 1. The van der Waals surface area contributed by atoms with E-state index in [2.05, 4.69) is 15.3 Å². The molecule has 0 bridgehead atoms. The van der Waals surface area contributed by atoms with Crippen molar-refractivity contribution >= 4 is 17.6 Å². The van der Waals surface area contributed by atoms with E-state index in [1.165, 1.54) is 12.4 Å². The maximum absolute atomic E-state index is 13.1. The first-order valence-corrected chi connectivity index (χ1v) is 10.0. The van der Waals surface area contributed by atoms with Crippen LogP contribution in [0.1, 0.15) is 60.9 Å². The van der Waals surface area contributed by atoms with Crippen LogP contribution in [0.3, 0.4) is 0 Å². The number of hydrogen-bond donors (Lipinski definition) is 1. The number of halogens is 2. The molecule has 7 nitrogen and oxygen atoms in total. The van der Waals surface area contributed by atoms with Gasteiger partial charge in [-0.25, -0.2) is 13.8 Å². The third-order valence-corrected chi connectivity index (χ3v) is 5.10. The monoisotopic (exact) mass is 432 g/mol. The van der Waals surface area contributed by atoms with Crippen LogP contribution in [0, 0.1) is 12.8 Å². The number of carbonyl (C=O) groups excluding carboxylic acids is 2. The molecular formula is C22H26F2N4O3. The number of anilines is 1. The minimum atomic E-state index is -2.94. The van der Waals surface area contributed by atoms with Crippen LogP contribution in [0.5, 0.6) is 5.75 Å². The summed E-state index contributed by atoms with van der Waals surface area (Å²) < 4.78 is 31.3. The van der Waals surface area contributed by atoms with E-state index in [1.807, 2.05) is 6.92 Å². The first kappa shape index (κ1) is 22.6. The number of alkyl halides is 2. The summed E-state index contributed by atoms with van der Waals surface area (Å²) in [6.07, 6.45) is 2.90. The van der Waals surface area contributed by atoms with Crippen LogP contribution in [0.15, 0.2) is 24.5 Å². The Bertz CT molecular complexity index is 1000. The number of carbonyl (C=O) groups is 2. The summed E-state index contributed by atoms with van der Waals surface area (Å²) in [6.45, 7) is 7.47. The molecule has 0 saturated carbocycles. The lowest BCUT2D eigenvalue weighted by molar-refractivity contribution is -0.118. The molecule has 31 heavy (non-hydrogen) atoms. The summed E-state index contributed by atoms with van der Waals surface area (Å²) >= 11 is 0. The average molecular weight is 432 g/mol. The van der Waals surface area contributed by atoms with E-state index in [1.54, 1.807) is 37.8 Å². The van der Waals surface area contributed by atoms with Crippen molar-refractivity contribution in [1.29, 1.82) is 0 Å². The number of nitrogens with zero attached hydrogens (tertiary/aromatic N) is 3. The molecule has 166 valence electrons. The zero-order valence-corrected chi connectivity index (χ0v) is 18.2. The van der Waals surface area contributed by atoms with E-state index in [-0.39, 0.29) is 36.1 Å². The molecule has 0 radical (unpaired) electrons. The maximum Gasteiger partial charge on any atom is 0.278 e. The molecule has 1 N–H and O–H groups in total. The minimum absolute atomic E-state index is 0.176. The average Bonchev–Trinajstić information content (AvgIpc) is 3.03. The summed E-state index contributed by atoms with van der Waals surface area (Å²) in [5.41, 5.74) is 2.41. The number of amides is 2. The van der Waals surface area contributed by atoms with Gasteiger partial charge in [0.1, 0.15) is 11.6 Å². The number of pyridine rings is 2. The first-order valence-electron chi connectivity index (χ1n) is 10.0. The van der Waals surface area contributed by atoms with E-state index >= 15 is 0 Å². The van der Waals surface area contributed by atoms with Crippen molar-refractivity contribution in [2.75, 3.05) is 11.9 Å². The molecule has 2 aromatic rings. The van der Waals surface area contributed by atoms with E-state index in [9.17, 15) is 18.4 Å². The Morgan fingerprint density at radius 3 is 2.65 bits per heavy atom. The molecular weight excluding hydrogens is 406 g/mol. The van der Waals surface area contributed by atoms with Gasteiger partial charge >= 0.3 is 0 Å². The molecule has 1 atom stereocenters. The summed E-state index contributed by atoms with van der Waals surface area (Å²) in [5.74, 6) is -2.86. The van der Waals surface area contributed by atoms with E-state index in [4.69, 9.17) is 4.74 Å². The van der Waals surface area contributed by atoms with Crippen LogP contribution in [0.2, 0.25) is 0 Å². The SMILES string of the molecule is Cc1cc(C(C)N2Cc3c(ccnc3NC(=O)C(C)C)C2=O)ncc1OCC(C)(F)F. The zero-order valence-electron chi connectivity index (χ0n) is 18.2. The fourth-order valence-corrected chi connectivity index (χ4v) is 3.24. The molecule has 0 spiro atoms. The second-order valence-electron chi connectivity index (χ2n) is 8.17. The predicted molar refractivity (Wildman–Crippen MR) is 111 cm³/mol. The molecule has 0 fully saturated rings. The van der Waals surface area contributed by atoms with Crippen LogP contribution in [0.25, 0.3) is 0 Å². The van der Waals surface area contributed by atoms with Gasteiger partial charge in [0.15, 0.2) is 6.61 Å². The Balaban J connectivity index is 1.80. The van der Waals surface area contributed by atoms with Crippen LogP contribution < -0.4 is 10.1 Å². The van der Waals surface area contributed by atoms with Crippen LogP contribution in [-0.4, -0.2) is 39.2 Å². The lowest BCUT2D eigenvalue weighted by Crippen LogP contribution is -2.28. The van der Waals surface area contributed by atoms with Crippen molar-refractivity contribution in [3.8, 4) is 5.75 Å². The second-order valence-corrected chi connectivity index (χ2v) is 8.17. The van der Waals surface area contributed by atoms with Crippen LogP contribution in [-0.2, 0) is 11.3 Å². The lowest BCUT2D eigenvalue weighted by Gasteiger charge is -2.24. The normalized spacial score (nSPS) is 14.6. The van der Waals surface area contributed by atoms with Crippen molar-refractivity contribution in [3.05, 3.63) is 46.9 Å². The third kappa shape index (κ3) is 4.98. The van der Waals surface area contributed by atoms with E-state index in [0.29, 0.717) is 28.2 Å². The number of rotatable bonds is 7. The quantitative estimate of drug-likeness (QED) is 0.711. The fraction of sp³-hybridized carbons (Fsp3) is 0.455. The molecule has 3 heterocycles. The molecule has 0 aliphatic carbocycles. The van der Waals surface area contributed by atoms with Crippen LogP contribution in [0.4, 0.5) is 14.6 Å². The fourth-order valence-electron chi connectivity index (χ4n) is 3.24. The van der Waals surface area contributed by atoms with Gasteiger partial charge in [0.05, 0.1) is 24.5 Å². The predicted octanol–water partition coefficient (Wildman–Crippen LogP) is 4.13. The Morgan fingerprint density at radius 2 is 2.03 bits per heavy atom. The third-order valence-electron chi connectivity index (χ3n) is 5.10. The largest absolute Gasteiger partial charge is 0.485 e. The molecule has 2 aromatic heterocycles. The smallest absolute Gasteiger partial charge is 0.278 e. The molecule has 0 saturated heterocycles. The number of aromatic nitrogens is 2. The zero-order chi connectivity index (χ0) is 22.9. The van der Waals surface area contributed by atoms with Gasteiger partial charge in [-0.3, -0.25) is 14.6 Å². The van der Waals surface area contributed by atoms with Gasteiger partial charge in [-0.1, -0.05) is 13.8 Å². The maximum atomic E-state index is 13.1. The number of nitrogens with one attached hydrogen (secondary N) is 1. The summed E-state index contributed by atoms with van der Waals surface area (Å²) in [7, 11) is 0. The molecule has 9 heteroatoms. The lowest BCUT2D eigenvalue weighted by atomic mass is 10.1. The molecule has 2 amide bonds. The van der Waals surface area contributed by atoms with Gasteiger partial charge in [0, 0.05) is 30.2 Å². The van der Waals surface area contributed by atoms with Gasteiger partial charge in [0.25, 0.3) is 11.8 Å². The second kappa shape index (κ2) is 8.56. The van der Waals surface area contributed by atoms with E-state index in [0.717, 1.165) is 6.92 Å². The van der Waals surface area contributed by atoms with E-state index < -0.39 is 12.5 Å². The Morgan fingerprint density at radius 1 is 1.32 bits per heavy atom. The standard InChI is InChI=1S/C22H26F2N4O3/c1-12(2)20(29)27-19-16-10-28(21(30)15(16)6-7-25-19)14(4)17-8-13(3)18(9-26-17)31-11-22(5,23)24/h6-9,12,14H,10-11H2,1-5H3,(H,25,27,29). The summed E-state index contributed by atoms with van der Waals surface area (Å²) in [6, 6.07) is 2.98. The topological polar surface area (TPSA) is 84.4 Å². The van der Waals surface area contributed by atoms with Crippen molar-refractivity contribution in [2.24, 2.45) is 5.92 Å². The Kier molecular flexibility index (Phi) is 6.24. The van der Waals surface area contributed by atoms with Gasteiger partial charge < -0.3 is 15.0 Å². The number of ether oxygens (including phenoxy) is 1. The van der Waals surface area contributed by atoms with Crippen molar-refractivity contribution in [3.63, 3.8) is 0 Å². The highest BCUT2D eigenvalue weighted by atomic mass is 19.3. The van der Waals surface area contributed by atoms with Crippen molar-refractivity contribution in [1.82, 2.24) is 14.9 Å².